The van der Waals surface area contributed by atoms with Crippen LogP contribution in [0.25, 0.3) is 11.3 Å². The van der Waals surface area contributed by atoms with Crippen LogP contribution in [0.4, 0.5) is 5.95 Å². The molecule has 3 heteroatoms. The highest BCUT2D eigenvalue weighted by Crippen LogP contribution is 2.20. The molecule has 0 unspecified atom stereocenters. The van der Waals surface area contributed by atoms with Crippen molar-refractivity contribution in [2.24, 2.45) is 0 Å². The van der Waals surface area contributed by atoms with Gasteiger partial charge in [0.1, 0.15) is 0 Å². The van der Waals surface area contributed by atoms with E-state index in [9.17, 15) is 0 Å². The van der Waals surface area contributed by atoms with Crippen molar-refractivity contribution in [2.75, 3.05) is 12.4 Å². The summed E-state index contributed by atoms with van der Waals surface area (Å²) in [6, 6.07) is 8.28. The van der Waals surface area contributed by atoms with E-state index in [1.165, 1.54) is 11.1 Å². The molecule has 1 aromatic carbocycles. The van der Waals surface area contributed by atoms with E-state index in [0.29, 0.717) is 5.95 Å². The molecule has 16 heavy (non-hydrogen) atoms. The third kappa shape index (κ3) is 2.03. The number of benzene rings is 1. The van der Waals surface area contributed by atoms with Gasteiger partial charge in [-0.15, -0.1) is 0 Å². The van der Waals surface area contributed by atoms with Crippen molar-refractivity contribution >= 4 is 5.95 Å². The zero-order valence-electron chi connectivity index (χ0n) is 9.78. The van der Waals surface area contributed by atoms with Gasteiger partial charge in [-0.25, -0.2) is 9.97 Å². The summed E-state index contributed by atoms with van der Waals surface area (Å²) in [6.45, 7) is 4.22. The Morgan fingerprint density at radius 2 is 1.88 bits per heavy atom. The van der Waals surface area contributed by atoms with Crippen molar-refractivity contribution in [3.05, 3.63) is 41.6 Å². The van der Waals surface area contributed by atoms with Gasteiger partial charge in [0.05, 0.1) is 5.69 Å². The minimum absolute atomic E-state index is 0.649. The van der Waals surface area contributed by atoms with E-state index in [-0.39, 0.29) is 0 Å². The van der Waals surface area contributed by atoms with E-state index in [2.05, 4.69) is 47.3 Å². The molecule has 3 nitrogen and oxygen atoms in total. The van der Waals surface area contributed by atoms with Crippen LogP contribution in [0.5, 0.6) is 0 Å². The zero-order chi connectivity index (χ0) is 11.5. The van der Waals surface area contributed by atoms with Gasteiger partial charge in [-0.3, -0.25) is 0 Å². The average molecular weight is 213 g/mol. The van der Waals surface area contributed by atoms with E-state index in [4.69, 9.17) is 0 Å². The van der Waals surface area contributed by atoms with Gasteiger partial charge in [-0.1, -0.05) is 12.1 Å². The predicted octanol–water partition coefficient (Wildman–Crippen LogP) is 2.80. The monoisotopic (exact) mass is 213 g/mol. The average Bonchev–Trinajstić information content (AvgIpc) is 2.33. The Hall–Kier alpha value is -1.90. The molecule has 0 aliphatic heterocycles. The Bertz CT molecular complexity index is 506. The maximum Gasteiger partial charge on any atom is 0.222 e. The molecule has 0 atom stereocenters. The minimum atomic E-state index is 0.649. The van der Waals surface area contributed by atoms with E-state index in [1.54, 1.807) is 6.20 Å². The van der Waals surface area contributed by atoms with Gasteiger partial charge in [0.15, 0.2) is 0 Å². The Morgan fingerprint density at radius 1 is 1.06 bits per heavy atom. The Kier molecular flexibility index (Phi) is 2.86. The van der Waals surface area contributed by atoms with Crippen molar-refractivity contribution in [3.8, 4) is 11.3 Å². The second-order valence-corrected chi connectivity index (χ2v) is 3.81. The third-order valence-corrected chi connectivity index (χ3v) is 2.68. The van der Waals surface area contributed by atoms with Crippen LogP contribution in [0.15, 0.2) is 30.5 Å². The smallest absolute Gasteiger partial charge is 0.222 e. The van der Waals surface area contributed by atoms with Crippen LogP contribution in [0, 0.1) is 13.8 Å². The molecule has 0 saturated heterocycles. The van der Waals surface area contributed by atoms with Crippen molar-refractivity contribution in [3.63, 3.8) is 0 Å². The highest BCUT2D eigenvalue weighted by atomic mass is 15.1. The van der Waals surface area contributed by atoms with Crippen LogP contribution >= 0.6 is 0 Å². The normalized spacial score (nSPS) is 10.2. The third-order valence-electron chi connectivity index (χ3n) is 2.68. The van der Waals surface area contributed by atoms with Crippen LogP contribution in [0.1, 0.15) is 11.1 Å². The Morgan fingerprint density at radius 3 is 2.56 bits per heavy atom. The lowest BCUT2D eigenvalue weighted by Crippen LogP contribution is -1.96. The second kappa shape index (κ2) is 4.31. The van der Waals surface area contributed by atoms with Gasteiger partial charge in [0, 0.05) is 18.8 Å². The maximum atomic E-state index is 4.41. The first-order valence-corrected chi connectivity index (χ1v) is 5.29. The number of aromatic nitrogens is 2. The molecule has 2 rings (SSSR count). The SMILES string of the molecule is CNc1nccc(-c2ccc(C)c(C)c2)n1. The van der Waals surface area contributed by atoms with Crippen LogP contribution in [-0.2, 0) is 0 Å². The van der Waals surface area contributed by atoms with Crippen molar-refractivity contribution in [2.45, 2.75) is 13.8 Å². The van der Waals surface area contributed by atoms with Gasteiger partial charge in [0.2, 0.25) is 5.95 Å². The van der Waals surface area contributed by atoms with Crippen molar-refractivity contribution in [1.82, 2.24) is 9.97 Å². The number of nitrogens with zero attached hydrogens (tertiary/aromatic N) is 2. The van der Waals surface area contributed by atoms with E-state index in [1.807, 2.05) is 13.1 Å². The summed E-state index contributed by atoms with van der Waals surface area (Å²) in [5, 5.41) is 2.94. The van der Waals surface area contributed by atoms with E-state index >= 15 is 0 Å². The van der Waals surface area contributed by atoms with Crippen LogP contribution < -0.4 is 5.32 Å². The van der Waals surface area contributed by atoms with Gasteiger partial charge < -0.3 is 5.32 Å². The van der Waals surface area contributed by atoms with Gasteiger partial charge in [0.25, 0.3) is 0 Å². The molecule has 0 amide bonds. The molecule has 0 bridgehead atoms. The summed E-state index contributed by atoms with van der Waals surface area (Å²) in [4.78, 5) is 8.51. The van der Waals surface area contributed by atoms with Crippen LogP contribution in [0.2, 0.25) is 0 Å². The molecule has 0 fully saturated rings. The minimum Gasteiger partial charge on any atom is -0.357 e. The quantitative estimate of drug-likeness (QED) is 0.833. The topological polar surface area (TPSA) is 37.8 Å². The number of nitrogens with one attached hydrogen (secondary N) is 1. The zero-order valence-corrected chi connectivity index (χ0v) is 9.78. The fourth-order valence-electron chi connectivity index (χ4n) is 1.54. The Balaban J connectivity index is 2.46. The van der Waals surface area contributed by atoms with Crippen LogP contribution in [-0.4, -0.2) is 17.0 Å². The fraction of sp³-hybridized carbons (Fsp3) is 0.231. The summed E-state index contributed by atoms with van der Waals surface area (Å²) < 4.78 is 0. The molecule has 1 aromatic heterocycles. The number of hydrogen-bond donors (Lipinski definition) is 1. The van der Waals surface area contributed by atoms with E-state index < -0.39 is 0 Å². The number of rotatable bonds is 2. The first-order valence-electron chi connectivity index (χ1n) is 5.29. The highest BCUT2D eigenvalue weighted by molar-refractivity contribution is 5.61. The summed E-state index contributed by atoms with van der Waals surface area (Å²) >= 11 is 0. The predicted molar refractivity (Wildman–Crippen MR) is 66.5 cm³/mol. The first-order chi connectivity index (χ1) is 7.70. The molecule has 1 N–H and O–H groups in total. The largest absolute Gasteiger partial charge is 0.357 e. The number of aryl methyl sites for hydroxylation is 2. The van der Waals surface area contributed by atoms with Crippen molar-refractivity contribution in [1.29, 1.82) is 0 Å². The fourth-order valence-corrected chi connectivity index (χ4v) is 1.54. The van der Waals surface area contributed by atoms with Gasteiger partial charge in [-0.05, 0) is 37.1 Å². The lowest BCUT2D eigenvalue weighted by atomic mass is 10.0. The molecule has 0 radical (unpaired) electrons. The summed E-state index contributed by atoms with van der Waals surface area (Å²) in [5.41, 5.74) is 4.65. The van der Waals surface area contributed by atoms with Gasteiger partial charge >= 0.3 is 0 Å². The first kappa shape index (κ1) is 10.6. The summed E-state index contributed by atoms with van der Waals surface area (Å²) in [6.07, 6.45) is 1.77. The molecule has 0 saturated carbocycles. The molecule has 82 valence electrons. The molecular weight excluding hydrogens is 198 g/mol. The lowest BCUT2D eigenvalue weighted by molar-refractivity contribution is 1.15. The van der Waals surface area contributed by atoms with E-state index in [0.717, 1.165) is 11.3 Å². The Labute approximate surface area is 95.6 Å². The molecule has 2 aromatic rings. The lowest BCUT2D eigenvalue weighted by Gasteiger charge is -2.05. The second-order valence-electron chi connectivity index (χ2n) is 3.81. The molecule has 0 spiro atoms. The number of hydrogen-bond acceptors (Lipinski definition) is 3. The highest BCUT2D eigenvalue weighted by Gasteiger charge is 2.02. The maximum absolute atomic E-state index is 4.41. The summed E-state index contributed by atoms with van der Waals surface area (Å²) in [5.74, 6) is 0.649. The standard InChI is InChI=1S/C13H15N3/c1-9-4-5-11(8-10(9)2)12-6-7-15-13(14-3)16-12/h4-8H,1-3H3,(H,14,15,16). The summed E-state index contributed by atoms with van der Waals surface area (Å²) in [7, 11) is 1.82. The van der Waals surface area contributed by atoms with Crippen molar-refractivity contribution < 1.29 is 0 Å². The number of anilines is 1. The molecular formula is C13H15N3. The molecule has 1 heterocycles. The molecule has 0 aliphatic rings. The van der Waals surface area contributed by atoms with Crippen LogP contribution in [0.3, 0.4) is 0 Å². The molecule has 0 aliphatic carbocycles. The van der Waals surface area contributed by atoms with Gasteiger partial charge in [-0.2, -0.15) is 0 Å².